The average Bonchev–Trinajstić information content (AvgIpc) is 2.93. The molecule has 236 valence electrons. The van der Waals surface area contributed by atoms with Gasteiger partial charge in [-0.1, -0.05) is 57.2 Å². The van der Waals surface area contributed by atoms with Crippen molar-refractivity contribution < 1.29 is 22.6 Å². The zero-order valence-corrected chi connectivity index (χ0v) is 27.4. The molecule has 0 aliphatic carbocycles. The lowest BCUT2D eigenvalue weighted by Gasteiger charge is -2.35. The van der Waals surface area contributed by atoms with Crippen molar-refractivity contribution in [3.05, 3.63) is 88.3 Å². The molecule has 10 nitrogen and oxygen atoms in total. The minimum atomic E-state index is -4.20. The number of sulfonamides is 1. The Balaban J connectivity index is 1.83. The highest BCUT2D eigenvalue weighted by molar-refractivity contribution is 7.96. The number of hydrogen-bond acceptors (Lipinski definition) is 9. The Morgan fingerprint density at radius 2 is 1.75 bits per heavy atom. The molecule has 0 radical (unpaired) electrons. The van der Waals surface area contributed by atoms with Crippen molar-refractivity contribution in [3.63, 3.8) is 0 Å². The largest absolute Gasteiger partial charge is 0.476 e. The minimum Gasteiger partial charge on any atom is -0.476 e. The SMILES string of the molecule is C/C=C\C=C1/OCN(Cc2cccc(COC)n2)[C@H](CC(C)(C)C)COc2cc(-c3c(C)cccc3C)nc(n2)NS1(=O)=O. The molecule has 4 rings (SSSR count). The van der Waals surface area contributed by atoms with Gasteiger partial charge in [-0.2, -0.15) is 13.4 Å². The van der Waals surface area contributed by atoms with Gasteiger partial charge in [-0.25, -0.2) is 9.71 Å². The summed E-state index contributed by atoms with van der Waals surface area (Å²) < 4.78 is 47.6. The normalized spacial score (nSPS) is 18.6. The summed E-state index contributed by atoms with van der Waals surface area (Å²) in [6.45, 7) is 13.3. The molecule has 0 saturated heterocycles. The third-order valence-electron chi connectivity index (χ3n) is 7.04. The van der Waals surface area contributed by atoms with Crippen molar-refractivity contribution in [2.24, 2.45) is 5.41 Å². The molecule has 1 N–H and O–H groups in total. The van der Waals surface area contributed by atoms with Gasteiger partial charge in [0, 0.05) is 31.3 Å². The monoisotopic (exact) mass is 621 g/mol. The van der Waals surface area contributed by atoms with E-state index in [1.54, 1.807) is 32.3 Å². The summed E-state index contributed by atoms with van der Waals surface area (Å²) >= 11 is 0. The quantitative estimate of drug-likeness (QED) is 0.332. The number of rotatable bonds is 7. The number of allylic oxidation sites excluding steroid dienone is 3. The van der Waals surface area contributed by atoms with Crippen LogP contribution in [0.4, 0.5) is 5.95 Å². The summed E-state index contributed by atoms with van der Waals surface area (Å²) in [5.74, 6) is 0.175. The third kappa shape index (κ3) is 8.87. The number of nitrogens with zero attached hydrogens (tertiary/aromatic N) is 4. The summed E-state index contributed by atoms with van der Waals surface area (Å²) in [6, 6.07) is 13.3. The average molecular weight is 622 g/mol. The summed E-state index contributed by atoms with van der Waals surface area (Å²) in [7, 11) is -2.57. The van der Waals surface area contributed by atoms with E-state index in [4.69, 9.17) is 19.2 Å². The van der Waals surface area contributed by atoms with Crippen LogP contribution in [0.25, 0.3) is 11.3 Å². The zero-order valence-electron chi connectivity index (χ0n) is 26.6. The van der Waals surface area contributed by atoms with E-state index >= 15 is 0 Å². The first-order valence-electron chi connectivity index (χ1n) is 14.6. The standard InChI is InChI=1S/C33H43N5O5S/c1-8-9-16-30-43-22-38(19-25-14-11-15-26(34-25)20-41-7)27(18-33(4,5)6)21-42-29-17-28(31-23(2)12-10-13-24(31)3)35-32(36-29)37-44(30,39)40/h8-17,27H,18-22H2,1-7H3,(H,35,36,37)/b9-8-,30-16+/t27-/m1/s1. The van der Waals surface area contributed by atoms with Gasteiger partial charge < -0.3 is 14.2 Å². The predicted molar refractivity (Wildman–Crippen MR) is 172 cm³/mol. The van der Waals surface area contributed by atoms with Gasteiger partial charge in [0.15, 0.2) is 0 Å². The molecular formula is C33H43N5O5S. The molecule has 44 heavy (non-hydrogen) atoms. The van der Waals surface area contributed by atoms with E-state index in [0.717, 1.165) is 34.5 Å². The highest BCUT2D eigenvalue weighted by Crippen LogP contribution is 2.31. The second-order valence-electron chi connectivity index (χ2n) is 12.1. The van der Waals surface area contributed by atoms with E-state index in [2.05, 4.69) is 40.4 Å². The fourth-order valence-corrected chi connectivity index (χ4v) is 6.01. The predicted octanol–water partition coefficient (Wildman–Crippen LogP) is 6.13. The Morgan fingerprint density at radius 3 is 2.43 bits per heavy atom. The molecule has 11 heteroatoms. The Kier molecular flexibility index (Phi) is 10.8. The molecule has 2 bridgehead atoms. The van der Waals surface area contributed by atoms with E-state index in [1.807, 2.05) is 50.2 Å². The van der Waals surface area contributed by atoms with Crippen LogP contribution < -0.4 is 9.46 Å². The lowest BCUT2D eigenvalue weighted by Crippen LogP contribution is -2.43. The van der Waals surface area contributed by atoms with Crippen LogP contribution in [-0.2, 0) is 32.6 Å². The minimum absolute atomic E-state index is 0.0208. The van der Waals surface area contributed by atoms with Crippen LogP contribution in [0.3, 0.4) is 0 Å². The van der Waals surface area contributed by atoms with Crippen molar-refractivity contribution >= 4 is 16.0 Å². The van der Waals surface area contributed by atoms with Crippen molar-refractivity contribution in [2.45, 2.75) is 67.2 Å². The molecule has 1 atom stereocenters. The first-order chi connectivity index (χ1) is 20.9. The van der Waals surface area contributed by atoms with Crippen LogP contribution in [0.2, 0.25) is 0 Å². The fourth-order valence-electron chi connectivity index (χ4n) is 5.11. The first-order valence-corrected chi connectivity index (χ1v) is 16.1. The topological polar surface area (TPSA) is 116 Å². The van der Waals surface area contributed by atoms with Crippen LogP contribution in [0, 0.1) is 19.3 Å². The van der Waals surface area contributed by atoms with Crippen LogP contribution in [0.1, 0.15) is 56.6 Å². The lowest BCUT2D eigenvalue weighted by molar-refractivity contribution is 0.00865. The zero-order chi connectivity index (χ0) is 31.9. The Labute approximate surface area is 261 Å². The van der Waals surface area contributed by atoms with Crippen molar-refractivity contribution in [2.75, 3.05) is 25.2 Å². The van der Waals surface area contributed by atoms with Gasteiger partial charge in [-0.15, -0.1) is 0 Å². The number of fused-ring (bicyclic) bond motifs is 2. The lowest BCUT2D eigenvalue weighted by atomic mass is 9.87. The van der Waals surface area contributed by atoms with Gasteiger partial charge in [0.2, 0.25) is 16.9 Å². The van der Waals surface area contributed by atoms with Gasteiger partial charge in [0.1, 0.15) is 13.3 Å². The number of nitrogens with one attached hydrogen (secondary N) is 1. The molecule has 0 unspecified atom stereocenters. The van der Waals surface area contributed by atoms with Gasteiger partial charge in [-0.05, 0) is 61.9 Å². The van der Waals surface area contributed by atoms with Crippen molar-refractivity contribution in [3.8, 4) is 17.1 Å². The second kappa shape index (κ2) is 14.3. The first kappa shape index (κ1) is 33.1. The number of anilines is 1. The Bertz CT molecular complexity index is 1590. The summed E-state index contributed by atoms with van der Waals surface area (Å²) in [5.41, 5.74) is 4.98. The molecular weight excluding hydrogens is 578 g/mol. The van der Waals surface area contributed by atoms with Crippen LogP contribution >= 0.6 is 0 Å². The maximum absolute atomic E-state index is 13.7. The third-order valence-corrected chi connectivity index (χ3v) is 8.27. The number of pyridine rings is 1. The van der Waals surface area contributed by atoms with E-state index in [-0.39, 0.29) is 41.7 Å². The molecule has 1 aliphatic heterocycles. The molecule has 3 heterocycles. The van der Waals surface area contributed by atoms with Gasteiger partial charge >= 0.3 is 0 Å². The van der Waals surface area contributed by atoms with Gasteiger partial charge in [0.05, 0.1) is 23.7 Å². The van der Waals surface area contributed by atoms with Crippen molar-refractivity contribution in [1.29, 1.82) is 0 Å². The molecule has 2 aromatic heterocycles. The molecule has 1 aromatic carbocycles. The molecule has 3 aromatic rings. The van der Waals surface area contributed by atoms with E-state index in [0.29, 0.717) is 18.8 Å². The number of aryl methyl sites for hydroxylation is 2. The molecule has 0 saturated carbocycles. The number of benzene rings is 1. The van der Waals surface area contributed by atoms with Gasteiger partial charge in [0.25, 0.3) is 10.0 Å². The molecule has 0 fully saturated rings. The highest BCUT2D eigenvalue weighted by atomic mass is 32.2. The molecule has 1 aliphatic rings. The van der Waals surface area contributed by atoms with Gasteiger partial charge in [-0.3, -0.25) is 9.88 Å². The van der Waals surface area contributed by atoms with Crippen molar-refractivity contribution in [1.82, 2.24) is 19.9 Å². The number of methoxy groups -OCH3 is 1. The summed E-state index contributed by atoms with van der Waals surface area (Å²) in [6.07, 6.45) is 5.51. The Morgan fingerprint density at radius 1 is 1.05 bits per heavy atom. The smallest absolute Gasteiger partial charge is 0.297 e. The second-order valence-corrected chi connectivity index (χ2v) is 13.7. The molecule has 0 spiro atoms. The van der Waals surface area contributed by atoms with Crippen LogP contribution in [-0.4, -0.2) is 54.8 Å². The fraction of sp³-hybridized carbons (Fsp3) is 0.424. The van der Waals surface area contributed by atoms with Crippen LogP contribution in [0.15, 0.2) is 65.8 Å². The van der Waals surface area contributed by atoms with E-state index in [1.165, 1.54) is 6.08 Å². The van der Waals surface area contributed by atoms with E-state index in [9.17, 15) is 8.42 Å². The maximum Gasteiger partial charge on any atom is 0.297 e. The van der Waals surface area contributed by atoms with E-state index < -0.39 is 10.0 Å². The summed E-state index contributed by atoms with van der Waals surface area (Å²) in [4.78, 5) is 15.9. The number of aromatic nitrogens is 3. The number of ether oxygens (including phenoxy) is 3. The number of hydrogen-bond donors (Lipinski definition) is 1. The highest BCUT2D eigenvalue weighted by Gasteiger charge is 2.30. The Hall–Kier alpha value is -3.80. The molecule has 0 amide bonds. The van der Waals surface area contributed by atoms with Crippen LogP contribution in [0.5, 0.6) is 5.88 Å². The summed E-state index contributed by atoms with van der Waals surface area (Å²) in [5, 5.41) is -0.250. The maximum atomic E-state index is 13.7.